The SMILES string of the molecule is CCCCCCCCCCCCCCCCCC/C=C/C(O)C(CO)NC(=O)CC(O)CCCCCCCCCCCCCCCCCCCCCCCCCCCCCCCCCCCCC. The van der Waals surface area contributed by atoms with Crippen LogP contribution in [-0.4, -0.2) is 46.1 Å². The Balaban J connectivity index is 3.44. The van der Waals surface area contributed by atoms with Crippen molar-refractivity contribution in [2.45, 2.75) is 379 Å². The molecule has 0 fully saturated rings. The number of allylic oxidation sites excluding steroid dienone is 1. The second kappa shape index (κ2) is 58.7. The first-order valence-corrected chi connectivity index (χ1v) is 31.5. The predicted molar refractivity (Wildman–Crippen MR) is 301 cm³/mol. The lowest BCUT2D eigenvalue weighted by Gasteiger charge is -2.21. The fourth-order valence-electron chi connectivity index (χ4n) is 10.3. The maximum Gasteiger partial charge on any atom is 0.222 e. The minimum Gasteiger partial charge on any atom is -0.394 e. The quantitative estimate of drug-likeness (QED) is 0.0361. The van der Waals surface area contributed by atoms with Crippen LogP contribution in [-0.2, 0) is 4.79 Å². The summed E-state index contributed by atoms with van der Waals surface area (Å²) in [5.74, 6) is -0.307. The number of hydrogen-bond donors (Lipinski definition) is 4. The van der Waals surface area contributed by atoms with Gasteiger partial charge >= 0.3 is 0 Å². The molecule has 0 aliphatic rings. The maximum atomic E-state index is 12.5. The second-order valence-corrected chi connectivity index (χ2v) is 22.0. The van der Waals surface area contributed by atoms with Gasteiger partial charge in [0.15, 0.2) is 0 Å². The van der Waals surface area contributed by atoms with Gasteiger partial charge in [0.05, 0.1) is 31.3 Å². The molecule has 4 N–H and O–H groups in total. The van der Waals surface area contributed by atoms with Crippen molar-refractivity contribution in [3.05, 3.63) is 12.2 Å². The molecule has 0 rings (SSSR count). The third-order valence-corrected chi connectivity index (χ3v) is 15.1. The van der Waals surface area contributed by atoms with Crippen LogP contribution in [0.4, 0.5) is 0 Å². The lowest BCUT2D eigenvalue weighted by molar-refractivity contribution is -0.124. The van der Waals surface area contributed by atoms with Gasteiger partial charge in [-0.2, -0.15) is 0 Å². The highest BCUT2D eigenvalue weighted by molar-refractivity contribution is 5.76. The average Bonchev–Trinajstić information content (AvgIpc) is 3.33. The molecule has 406 valence electrons. The largest absolute Gasteiger partial charge is 0.394 e. The first kappa shape index (κ1) is 67.1. The van der Waals surface area contributed by atoms with Crippen LogP contribution in [0.5, 0.6) is 0 Å². The molecular formula is C63H125NO4. The Kier molecular flexibility index (Phi) is 57.9. The molecule has 0 saturated carbocycles. The van der Waals surface area contributed by atoms with Gasteiger partial charge in [0.25, 0.3) is 0 Å². The summed E-state index contributed by atoms with van der Waals surface area (Å²) in [7, 11) is 0. The van der Waals surface area contributed by atoms with Gasteiger partial charge in [-0.15, -0.1) is 0 Å². The molecule has 0 aromatic carbocycles. The molecule has 1 amide bonds. The van der Waals surface area contributed by atoms with E-state index in [4.69, 9.17) is 0 Å². The fourth-order valence-corrected chi connectivity index (χ4v) is 10.3. The monoisotopic (exact) mass is 960 g/mol. The summed E-state index contributed by atoms with van der Waals surface area (Å²) in [4.78, 5) is 12.5. The van der Waals surface area contributed by atoms with Gasteiger partial charge in [0.2, 0.25) is 5.91 Å². The number of aliphatic hydroxyl groups is 3. The number of nitrogens with one attached hydrogen (secondary N) is 1. The maximum absolute atomic E-state index is 12.5. The smallest absolute Gasteiger partial charge is 0.222 e. The number of carbonyl (C=O) groups is 1. The predicted octanol–water partition coefficient (Wildman–Crippen LogP) is 19.8. The number of amides is 1. The third-order valence-electron chi connectivity index (χ3n) is 15.1. The Morgan fingerprint density at radius 3 is 0.853 bits per heavy atom. The van der Waals surface area contributed by atoms with Gasteiger partial charge < -0.3 is 20.6 Å². The molecule has 0 aromatic heterocycles. The normalized spacial score (nSPS) is 13.2. The lowest BCUT2D eigenvalue weighted by Crippen LogP contribution is -2.45. The van der Waals surface area contributed by atoms with Crippen molar-refractivity contribution < 1.29 is 20.1 Å². The summed E-state index contributed by atoms with van der Waals surface area (Å²) in [6, 6.07) is -0.741. The average molecular weight is 961 g/mol. The van der Waals surface area contributed by atoms with E-state index in [1.807, 2.05) is 6.08 Å². The lowest BCUT2D eigenvalue weighted by atomic mass is 10.0. The van der Waals surface area contributed by atoms with Crippen molar-refractivity contribution in [2.75, 3.05) is 6.61 Å². The van der Waals surface area contributed by atoms with Gasteiger partial charge in [-0.25, -0.2) is 0 Å². The Hall–Kier alpha value is -0.910. The molecule has 5 heteroatoms. The van der Waals surface area contributed by atoms with E-state index in [0.717, 1.165) is 25.7 Å². The van der Waals surface area contributed by atoms with E-state index in [-0.39, 0.29) is 18.9 Å². The van der Waals surface area contributed by atoms with Crippen LogP contribution in [0.3, 0.4) is 0 Å². The summed E-state index contributed by atoms with van der Waals surface area (Å²) in [5, 5.41) is 33.5. The van der Waals surface area contributed by atoms with E-state index in [1.54, 1.807) is 6.08 Å². The van der Waals surface area contributed by atoms with Crippen LogP contribution < -0.4 is 5.32 Å². The highest BCUT2D eigenvalue weighted by atomic mass is 16.3. The van der Waals surface area contributed by atoms with Crippen molar-refractivity contribution >= 4 is 5.91 Å². The van der Waals surface area contributed by atoms with Crippen molar-refractivity contribution in [1.29, 1.82) is 0 Å². The minimum atomic E-state index is -0.926. The molecule has 0 heterocycles. The zero-order valence-corrected chi connectivity index (χ0v) is 46.5. The highest BCUT2D eigenvalue weighted by Crippen LogP contribution is 2.19. The van der Waals surface area contributed by atoms with Crippen molar-refractivity contribution in [1.82, 2.24) is 5.32 Å². The van der Waals surface area contributed by atoms with Gasteiger partial charge in [0, 0.05) is 0 Å². The number of aliphatic hydroxyl groups excluding tert-OH is 3. The van der Waals surface area contributed by atoms with Gasteiger partial charge in [-0.1, -0.05) is 347 Å². The molecule has 0 bridgehead atoms. The van der Waals surface area contributed by atoms with Crippen LogP contribution in [0, 0.1) is 0 Å². The summed E-state index contributed by atoms with van der Waals surface area (Å²) in [5.41, 5.74) is 0. The Morgan fingerprint density at radius 2 is 0.603 bits per heavy atom. The molecule has 0 aliphatic heterocycles. The summed E-state index contributed by atoms with van der Waals surface area (Å²) in [6.45, 7) is 4.26. The van der Waals surface area contributed by atoms with E-state index in [1.165, 1.54) is 308 Å². The van der Waals surface area contributed by atoms with Gasteiger partial charge in [0.1, 0.15) is 0 Å². The number of hydrogen-bond acceptors (Lipinski definition) is 4. The van der Waals surface area contributed by atoms with Crippen LogP contribution in [0.2, 0.25) is 0 Å². The van der Waals surface area contributed by atoms with Crippen molar-refractivity contribution in [3.63, 3.8) is 0 Å². The second-order valence-electron chi connectivity index (χ2n) is 22.0. The summed E-state index contributed by atoms with van der Waals surface area (Å²) >= 11 is 0. The molecule has 5 nitrogen and oxygen atoms in total. The van der Waals surface area contributed by atoms with E-state index in [9.17, 15) is 20.1 Å². The first-order valence-electron chi connectivity index (χ1n) is 31.5. The summed E-state index contributed by atoms with van der Waals surface area (Å²) in [6.07, 6.45) is 74.4. The Labute approximate surface area is 427 Å². The summed E-state index contributed by atoms with van der Waals surface area (Å²) < 4.78 is 0. The van der Waals surface area contributed by atoms with Crippen molar-refractivity contribution in [3.8, 4) is 0 Å². The number of carbonyl (C=O) groups excluding carboxylic acids is 1. The molecule has 0 spiro atoms. The van der Waals surface area contributed by atoms with Crippen LogP contribution >= 0.6 is 0 Å². The number of rotatable bonds is 59. The van der Waals surface area contributed by atoms with E-state index >= 15 is 0 Å². The molecule has 3 unspecified atom stereocenters. The van der Waals surface area contributed by atoms with Crippen molar-refractivity contribution in [2.24, 2.45) is 0 Å². The van der Waals surface area contributed by atoms with E-state index in [0.29, 0.717) is 6.42 Å². The molecular weight excluding hydrogens is 835 g/mol. The van der Waals surface area contributed by atoms with E-state index < -0.39 is 18.2 Å². The molecule has 0 saturated heterocycles. The fraction of sp³-hybridized carbons (Fsp3) is 0.952. The molecule has 0 aromatic rings. The number of unbranched alkanes of at least 4 members (excludes halogenated alkanes) is 50. The van der Waals surface area contributed by atoms with Gasteiger partial charge in [-0.3, -0.25) is 4.79 Å². The topological polar surface area (TPSA) is 89.8 Å². The van der Waals surface area contributed by atoms with E-state index in [2.05, 4.69) is 19.2 Å². The van der Waals surface area contributed by atoms with Crippen LogP contribution in [0.25, 0.3) is 0 Å². The minimum absolute atomic E-state index is 0.0196. The molecule has 0 aliphatic carbocycles. The highest BCUT2D eigenvalue weighted by Gasteiger charge is 2.20. The zero-order valence-electron chi connectivity index (χ0n) is 46.5. The molecule has 0 radical (unpaired) electrons. The first-order chi connectivity index (χ1) is 33.5. The van der Waals surface area contributed by atoms with Crippen LogP contribution in [0.1, 0.15) is 361 Å². The third kappa shape index (κ3) is 54.4. The molecule has 68 heavy (non-hydrogen) atoms. The standard InChI is InChI=1S/C63H125NO4/c1-3-5-7-9-11-13-15-17-19-21-23-24-25-26-27-28-29-30-31-32-33-34-35-36-37-38-39-40-42-44-46-48-50-52-54-56-60(66)58-63(68)64-61(59-65)62(67)57-55-53-51-49-47-45-43-41-22-20-18-16-14-12-10-8-6-4-2/h55,57,60-62,65-67H,3-54,56,58-59H2,1-2H3,(H,64,68)/b57-55+. The molecule has 3 atom stereocenters. The van der Waals surface area contributed by atoms with Crippen LogP contribution in [0.15, 0.2) is 12.2 Å². The van der Waals surface area contributed by atoms with Gasteiger partial charge in [-0.05, 0) is 19.3 Å². The Bertz CT molecular complexity index is 971. The zero-order chi connectivity index (χ0) is 49.3. The Morgan fingerprint density at radius 1 is 0.368 bits per heavy atom.